The van der Waals surface area contributed by atoms with E-state index in [1.807, 2.05) is 0 Å². The van der Waals surface area contributed by atoms with Crippen molar-refractivity contribution in [3.63, 3.8) is 0 Å². The van der Waals surface area contributed by atoms with Gasteiger partial charge in [-0.2, -0.15) is 0 Å². The van der Waals surface area contributed by atoms with Crippen molar-refractivity contribution >= 4 is 0 Å². The summed E-state index contributed by atoms with van der Waals surface area (Å²) in [6.07, 6.45) is 3.41. The maximum Gasteiger partial charge on any atom is 0.122 e. The molecule has 3 heteroatoms. The van der Waals surface area contributed by atoms with Crippen LogP contribution in [-0.2, 0) is 6.42 Å². The molecule has 0 bridgehead atoms. The molecule has 0 amide bonds. The average Bonchev–Trinajstić information content (AvgIpc) is 2.46. The van der Waals surface area contributed by atoms with Gasteiger partial charge in [0.1, 0.15) is 11.5 Å². The molecule has 100 valence electrons. The van der Waals surface area contributed by atoms with E-state index in [1.54, 1.807) is 14.2 Å². The number of piperidine rings is 1. The molecule has 0 unspecified atom stereocenters. The van der Waals surface area contributed by atoms with E-state index in [9.17, 15) is 0 Å². The Morgan fingerprint density at radius 2 is 2.00 bits per heavy atom. The zero-order chi connectivity index (χ0) is 13.0. The summed E-state index contributed by atoms with van der Waals surface area (Å²) in [6.45, 7) is 4.30. The molecule has 1 fully saturated rings. The van der Waals surface area contributed by atoms with Gasteiger partial charge < -0.3 is 14.8 Å². The van der Waals surface area contributed by atoms with E-state index < -0.39 is 0 Å². The molecular formula is C15H23NO2. The first-order valence-electron chi connectivity index (χ1n) is 6.75. The Kier molecular flexibility index (Phi) is 4.48. The Balaban J connectivity index is 2.37. The molecule has 1 heterocycles. The minimum absolute atomic E-state index is 0.536. The molecule has 1 aromatic rings. The minimum atomic E-state index is 0.536. The van der Waals surface area contributed by atoms with Crippen LogP contribution >= 0.6 is 0 Å². The second-order valence-corrected chi connectivity index (χ2v) is 4.80. The summed E-state index contributed by atoms with van der Waals surface area (Å²) >= 11 is 0. The van der Waals surface area contributed by atoms with Gasteiger partial charge in [-0.05, 0) is 43.5 Å². The fraction of sp³-hybridized carbons (Fsp3) is 0.600. The molecule has 1 saturated heterocycles. The van der Waals surface area contributed by atoms with Crippen molar-refractivity contribution < 1.29 is 9.47 Å². The van der Waals surface area contributed by atoms with Crippen LogP contribution in [0.3, 0.4) is 0 Å². The zero-order valence-corrected chi connectivity index (χ0v) is 11.6. The summed E-state index contributed by atoms with van der Waals surface area (Å²) in [4.78, 5) is 0. The largest absolute Gasteiger partial charge is 0.496 e. The maximum atomic E-state index is 5.56. The molecule has 0 aliphatic carbocycles. The number of hydrogen-bond donors (Lipinski definition) is 1. The lowest BCUT2D eigenvalue weighted by Crippen LogP contribution is -2.28. The van der Waals surface area contributed by atoms with Gasteiger partial charge >= 0.3 is 0 Å². The second-order valence-electron chi connectivity index (χ2n) is 4.80. The van der Waals surface area contributed by atoms with Gasteiger partial charge in [0.05, 0.1) is 14.2 Å². The SMILES string of the molecule is CCc1cc(OC)c([C@H]2CCCNC2)cc1OC. The summed E-state index contributed by atoms with van der Waals surface area (Å²) in [7, 11) is 3.49. The Bertz CT molecular complexity index is 398. The highest BCUT2D eigenvalue weighted by Gasteiger charge is 2.20. The molecule has 1 aliphatic rings. The third-order valence-electron chi connectivity index (χ3n) is 3.75. The fourth-order valence-electron chi connectivity index (χ4n) is 2.70. The van der Waals surface area contributed by atoms with E-state index >= 15 is 0 Å². The molecule has 1 atom stereocenters. The van der Waals surface area contributed by atoms with E-state index in [2.05, 4.69) is 24.4 Å². The molecule has 1 aromatic carbocycles. The first-order valence-corrected chi connectivity index (χ1v) is 6.75. The van der Waals surface area contributed by atoms with E-state index in [4.69, 9.17) is 9.47 Å². The standard InChI is InChI=1S/C15H23NO2/c1-4-11-8-15(18-3)13(9-14(11)17-2)12-6-5-7-16-10-12/h8-9,12,16H,4-7,10H2,1-3H3/t12-/m0/s1. The van der Waals surface area contributed by atoms with Gasteiger partial charge in [-0.25, -0.2) is 0 Å². The fourth-order valence-corrected chi connectivity index (χ4v) is 2.70. The van der Waals surface area contributed by atoms with Crippen molar-refractivity contribution in [1.82, 2.24) is 5.32 Å². The lowest BCUT2D eigenvalue weighted by Gasteiger charge is -2.25. The van der Waals surface area contributed by atoms with Crippen molar-refractivity contribution in [2.24, 2.45) is 0 Å². The summed E-state index contributed by atoms with van der Waals surface area (Å²) in [5.74, 6) is 2.52. The molecule has 1 N–H and O–H groups in total. The highest BCUT2D eigenvalue weighted by Crippen LogP contribution is 2.36. The van der Waals surface area contributed by atoms with Crippen LogP contribution in [-0.4, -0.2) is 27.3 Å². The van der Waals surface area contributed by atoms with Gasteiger partial charge in [-0.3, -0.25) is 0 Å². The molecule has 1 aliphatic heterocycles. The quantitative estimate of drug-likeness (QED) is 0.890. The molecule has 0 spiro atoms. The molecule has 0 saturated carbocycles. The zero-order valence-electron chi connectivity index (χ0n) is 11.6. The number of ether oxygens (including phenoxy) is 2. The monoisotopic (exact) mass is 249 g/mol. The van der Waals surface area contributed by atoms with Gasteiger partial charge in [0.2, 0.25) is 0 Å². The minimum Gasteiger partial charge on any atom is -0.496 e. The third-order valence-corrected chi connectivity index (χ3v) is 3.75. The lowest BCUT2D eigenvalue weighted by molar-refractivity contribution is 0.381. The van der Waals surface area contributed by atoms with Crippen molar-refractivity contribution in [3.8, 4) is 11.5 Å². The number of nitrogens with one attached hydrogen (secondary N) is 1. The van der Waals surface area contributed by atoms with Gasteiger partial charge in [0, 0.05) is 18.0 Å². The summed E-state index contributed by atoms with van der Waals surface area (Å²) in [5, 5.41) is 3.45. The van der Waals surface area contributed by atoms with Crippen molar-refractivity contribution in [3.05, 3.63) is 23.3 Å². The van der Waals surface area contributed by atoms with Crippen molar-refractivity contribution in [1.29, 1.82) is 0 Å². The van der Waals surface area contributed by atoms with Crippen LogP contribution in [0.15, 0.2) is 12.1 Å². The number of rotatable bonds is 4. The van der Waals surface area contributed by atoms with Crippen molar-refractivity contribution in [2.75, 3.05) is 27.3 Å². The summed E-state index contributed by atoms with van der Waals surface area (Å²) in [5.41, 5.74) is 2.49. The molecule has 2 rings (SSSR count). The van der Waals surface area contributed by atoms with Crippen LogP contribution in [0.5, 0.6) is 11.5 Å². The Morgan fingerprint density at radius 1 is 1.22 bits per heavy atom. The van der Waals surface area contributed by atoms with E-state index in [0.717, 1.165) is 31.0 Å². The van der Waals surface area contributed by atoms with Gasteiger partial charge in [-0.1, -0.05) is 6.92 Å². The normalized spacial score (nSPS) is 19.6. The van der Waals surface area contributed by atoms with Crippen LogP contribution in [0.2, 0.25) is 0 Å². The molecule has 18 heavy (non-hydrogen) atoms. The first-order chi connectivity index (χ1) is 8.80. The topological polar surface area (TPSA) is 30.5 Å². The highest BCUT2D eigenvalue weighted by molar-refractivity contribution is 5.48. The van der Waals surface area contributed by atoms with Crippen LogP contribution in [0.1, 0.15) is 36.8 Å². The molecule has 3 nitrogen and oxygen atoms in total. The average molecular weight is 249 g/mol. The van der Waals surface area contributed by atoms with Crippen LogP contribution in [0, 0.1) is 0 Å². The number of benzene rings is 1. The van der Waals surface area contributed by atoms with Crippen LogP contribution < -0.4 is 14.8 Å². The Hall–Kier alpha value is -1.22. The summed E-state index contributed by atoms with van der Waals surface area (Å²) in [6, 6.07) is 4.29. The number of aryl methyl sites for hydroxylation is 1. The predicted octanol–water partition coefficient (Wildman–Crippen LogP) is 2.73. The summed E-state index contributed by atoms with van der Waals surface area (Å²) < 4.78 is 11.0. The maximum absolute atomic E-state index is 5.56. The second kappa shape index (κ2) is 6.10. The molecule has 0 radical (unpaired) electrons. The Morgan fingerprint density at radius 3 is 2.56 bits per heavy atom. The van der Waals surface area contributed by atoms with Gasteiger partial charge in [-0.15, -0.1) is 0 Å². The molecular weight excluding hydrogens is 226 g/mol. The molecule has 0 aromatic heterocycles. The lowest BCUT2D eigenvalue weighted by atomic mass is 9.89. The van der Waals surface area contributed by atoms with Gasteiger partial charge in [0.15, 0.2) is 0 Å². The number of methoxy groups -OCH3 is 2. The van der Waals surface area contributed by atoms with Gasteiger partial charge in [0.25, 0.3) is 0 Å². The van der Waals surface area contributed by atoms with Crippen molar-refractivity contribution in [2.45, 2.75) is 32.1 Å². The van der Waals surface area contributed by atoms with Crippen LogP contribution in [0.4, 0.5) is 0 Å². The predicted molar refractivity (Wildman–Crippen MR) is 73.8 cm³/mol. The highest BCUT2D eigenvalue weighted by atomic mass is 16.5. The third kappa shape index (κ3) is 2.61. The van der Waals surface area contributed by atoms with Crippen LogP contribution in [0.25, 0.3) is 0 Å². The Labute approximate surface area is 109 Å². The smallest absolute Gasteiger partial charge is 0.122 e. The first kappa shape index (κ1) is 13.2. The number of hydrogen-bond acceptors (Lipinski definition) is 3. The van der Waals surface area contributed by atoms with E-state index in [0.29, 0.717) is 5.92 Å². The van der Waals surface area contributed by atoms with E-state index in [-0.39, 0.29) is 0 Å². The van der Waals surface area contributed by atoms with E-state index in [1.165, 1.54) is 24.0 Å².